The van der Waals surface area contributed by atoms with Crippen LogP contribution in [0.2, 0.25) is 0 Å². The molecule has 0 aromatic carbocycles. The summed E-state index contributed by atoms with van der Waals surface area (Å²) in [4.78, 5) is 6.94. The van der Waals surface area contributed by atoms with Gasteiger partial charge in [0.1, 0.15) is 5.82 Å². The molecule has 0 aliphatic rings. The molecule has 0 amide bonds. The fraction of sp³-hybridized carbons (Fsp3) is 0.667. The molecule has 1 aromatic rings. The summed E-state index contributed by atoms with van der Waals surface area (Å²) < 4.78 is 0. The number of nitrogens with two attached hydrogens (primary N) is 1. The summed E-state index contributed by atoms with van der Waals surface area (Å²) in [6.45, 7) is 10.4. The molecule has 102 valence electrons. The Bertz CT molecular complexity index is 361. The Balaban J connectivity index is 2.94. The second-order valence-electron chi connectivity index (χ2n) is 5.13. The Morgan fingerprint density at radius 3 is 2.61 bits per heavy atom. The second-order valence-corrected chi connectivity index (χ2v) is 5.13. The van der Waals surface area contributed by atoms with E-state index in [0.717, 1.165) is 12.4 Å². The molecular formula is C15H27N3. The van der Waals surface area contributed by atoms with Crippen LogP contribution in [-0.4, -0.2) is 17.6 Å². The first-order chi connectivity index (χ1) is 8.61. The quantitative estimate of drug-likeness (QED) is 0.754. The lowest BCUT2D eigenvalue weighted by Crippen LogP contribution is -2.33. The zero-order valence-corrected chi connectivity index (χ0v) is 12.2. The highest BCUT2D eigenvalue weighted by Gasteiger charge is 2.16. The van der Waals surface area contributed by atoms with Crippen LogP contribution in [0.5, 0.6) is 0 Å². The molecular weight excluding hydrogens is 222 g/mol. The molecule has 3 nitrogen and oxygen atoms in total. The van der Waals surface area contributed by atoms with Crippen LogP contribution in [0.4, 0.5) is 5.82 Å². The number of pyridine rings is 1. The van der Waals surface area contributed by atoms with Crippen LogP contribution in [0.25, 0.3) is 0 Å². The van der Waals surface area contributed by atoms with Gasteiger partial charge >= 0.3 is 0 Å². The summed E-state index contributed by atoms with van der Waals surface area (Å²) >= 11 is 0. The third-order valence-corrected chi connectivity index (χ3v) is 3.37. The minimum absolute atomic E-state index is 0.460. The van der Waals surface area contributed by atoms with Crippen LogP contribution >= 0.6 is 0 Å². The number of unbranched alkanes of at least 4 members (excludes halogenated alkanes) is 2. The molecule has 0 spiro atoms. The minimum Gasteiger partial charge on any atom is -0.354 e. The largest absolute Gasteiger partial charge is 0.354 e. The highest BCUT2D eigenvalue weighted by atomic mass is 15.2. The molecule has 0 fully saturated rings. The number of hydrogen-bond acceptors (Lipinski definition) is 3. The van der Waals surface area contributed by atoms with E-state index in [1.54, 1.807) is 0 Å². The van der Waals surface area contributed by atoms with Crippen LogP contribution in [0, 0.1) is 6.92 Å². The molecule has 0 aliphatic heterocycles. The Labute approximate surface area is 111 Å². The molecule has 2 N–H and O–H groups in total. The van der Waals surface area contributed by atoms with E-state index in [1.807, 2.05) is 12.3 Å². The van der Waals surface area contributed by atoms with E-state index >= 15 is 0 Å². The summed E-state index contributed by atoms with van der Waals surface area (Å²) in [5.74, 6) is 1.07. The number of nitrogens with zero attached hydrogens (tertiary/aromatic N) is 2. The maximum atomic E-state index is 5.88. The average Bonchev–Trinajstić information content (AvgIpc) is 2.34. The average molecular weight is 249 g/mol. The van der Waals surface area contributed by atoms with E-state index in [0.29, 0.717) is 12.6 Å². The van der Waals surface area contributed by atoms with Crippen LogP contribution in [0.1, 0.15) is 51.2 Å². The SMILES string of the molecule is CCCCCN(c1nccc(C)c1CN)C(C)C. The van der Waals surface area contributed by atoms with E-state index < -0.39 is 0 Å². The topological polar surface area (TPSA) is 42.2 Å². The number of aromatic nitrogens is 1. The molecule has 0 atom stereocenters. The van der Waals surface area contributed by atoms with E-state index in [1.165, 1.54) is 30.4 Å². The van der Waals surface area contributed by atoms with Crippen LogP contribution in [-0.2, 0) is 6.54 Å². The molecule has 1 heterocycles. The van der Waals surface area contributed by atoms with Crippen molar-refractivity contribution in [3.63, 3.8) is 0 Å². The Morgan fingerprint density at radius 2 is 2.06 bits per heavy atom. The first kappa shape index (κ1) is 15.0. The number of anilines is 1. The fourth-order valence-corrected chi connectivity index (χ4v) is 2.22. The highest BCUT2D eigenvalue weighted by Crippen LogP contribution is 2.23. The lowest BCUT2D eigenvalue weighted by Gasteiger charge is -2.30. The van der Waals surface area contributed by atoms with Crippen molar-refractivity contribution in [2.75, 3.05) is 11.4 Å². The lowest BCUT2D eigenvalue weighted by molar-refractivity contribution is 0.617. The standard InChI is InChI=1S/C15H27N3/c1-5-6-7-10-18(12(2)3)15-14(11-16)13(4)8-9-17-15/h8-9,12H,5-7,10-11,16H2,1-4H3. The van der Waals surface area contributed by atoms with Gasteiger partial charge in [-0.1, -0.05) is 19.8 Å². The van der Waals surface area contributed by atoms with Crippen molar-refractivity contribution < 1.29 is 0 Å². The predicted molar refractivity (Wildman–Crippen MR) is 78.9 cm³/mol. The first-order valence-corrected chi connectivity index (χ1v) is 7.03. The van der Waals surface area contributed by atoms with Crippen molar-refractivity contribution in [2.45, 2.75) is 59.5 Å². The molecule has 0 aliphatic carbocycles. The molecule has 1 aromatic heterocycles. The normalized spacial score (nSPS) is 11.0. The van der Waals surface area contributed by atoms with E-state index in [4.69, 9.17) is 5.73 Å². The first-order valence-electron chi connectivity index (χ1n) is 7.03. The minimum atomic E-state index is 0.460. The van der Waals surface area contributed by atoms with Gasteiger partial charge in [-0.15, -0.1) is 0 Å². The van der Waals surface area contributed by atoms with E-state index in [2.05, 4.69) is 37.6 Å². The zero-order valence-electron chi connectivity index (χ0n) is 12.2. The van der Waals surface area contributed by atoms with Gasteiger partial charge in [0, 0.05) is 30.9 Å². The summed E-state index contributed by atoms with van der Waals surface area (Å²) in [6, 6.07) is 2.50. The van der Waals surface area contributed by atoms with Gasteiger partial charge in [0.2, 0.25) is 0 Å². The third kappa shape index (κ3) is 3.70. The van der Waals surface area contributed by atoms with Crippen LogP contribution in [0.3, 0.4) is 0 Å². The van der Waals surface area contributed by atoms with Gasteiger partial charge in [-0.2, -0.15) is 0 Å². The molecule has 0 saturated heterocycles. The van der Waals surface area contributed by atoms with Crippen LogP contribution < -0.4 is 10.6 Å². The van der Waals surface area contributed by atoms with Gasteiger partial charge in [0.05, 0.1) is 0 Å². The van der Waals surface area contributed by atoms with Gasteiger partial charge in [0.15, 0.2) is 0 Å². The highest BCUT2D eigenvalue weighted by molar-refractivity contribution is 5.50. The lowest BCUT2D eigenvalue weighted by atomic mass is 10.1. The van der Waals surface area contributed by atoms with Gasteiger partial charge in [-0.25, -0.2) is 4.98 Å². The molecule has 0 unspecified atom stereocenters. The van der Waals surface area contributed by atoms with Crippen molar-refractivity contribution in [1.82, 2.24) is 4.98 Å². The van der Waals surface area contributed by atoms with Crippen molar-refractivity contribution in [1.29, 1.82) is 0 Å². The van der Waals surface area contributed by atoms with Gasteiger partial charge in [0.25, 0.3) is 0 Å². The van der Waals surface area contributed by atoms with E-state index in [-0.39, 0.29) is 0 Å². The second kappa shape index (κ2) is 7.37. The number of rotatable bonds is 7. The van der Waals surface area contributed by atoms with Crippen molar-refractivity contribution >= 4 is 5.82 Å². The van der Waals surface area contributed by atoms with Crippen LogP contribution in [0.15, 0.2) is 12.3 Å². The predicted octanol–water partition coefficient (Wildman–Crippen LogP) is 3.25. The number of hydrogen-bond donors (Lipinski definition) is 1. The Morgan fingerprint density at radius 1 is 1.33 bits per heavy atom. The van der Waals surface area contributed by atoms with Crippen molar-refractivity contribution in [3.8, 4) is 0 Å². The van der Waals surface area contributed by atoms with E-state index in [9.17, 15) is 0 Å². The molecule has 0 bridgehead atoms. The van der Waals surface area contributed by atoms with Crippen molar-refractivity contribution in [3.05, 3.63) is 23.4 Å². The smallest absolute Gasteiger partial charge is 0.133 e. The monoisotopic (exact) mass is 249 g/mol. The van der Waals surface area contributed by atoms with Gasteiger partial charge in [-0.3, -0.25) is 0 Å². The summed E-state index contributed by atoms with van der Waals surface area (Å²) in [6.07, 6.45) is 5.62. The molecule has 3 heteroatoms. The molecule has 0 saturated carbocycles. The Kier molecular flexibility index (Phi) is 6.13. The maximum Gasteiger partial charge on any atom is 0.133 e. The summed E-state index contributed by atoms with van der Waals surface area (Å²) in [7, 11) is 0. The van der Waals surface area contributed by atoms with Gasteiger partial charge < -0.3 is 10.6 Å². The molecule has 0 radical (unpaired) electrons. The fourth-order valence-electron chi connectivity index (χ4n) is 2.22. The molecule has 18 heavy (non-hydrogen) atoms. The number of aryl methyl sites for hydroxylation is 1. The summed E-state index contributed by atoms with van der Waals surface area (Å²) in [5, 5.41) is 0. The zero-order chi connectivity index (χ0) is 13.5. The Hall–Kier alpha value is -1.09. The van der Waals surface area contributed by atoms with Gasteiger partial charge in [-0.05, 0) is 38.8 Å². The summed E-state index contributed by atoms with van der Waals surface area (Å²) in [5.41, 5.74) is 8.30. The third-order valence-electron chi connectivity index (χ3n) is 3.37. The molecule has 1 rings (SSSR count). The van der Waals surface area contributed by atoms with Crippen molar-refractivity contribution in [2.24, 2.45) is 5.73 Å². The maximum absolute atomic E-state index is 5.88.